The fraction of sp³-hybridized carbons (Fsp3) is 0.550. The molecule has 0 aliphatic carbocycles. The van der Waals surface area contributed by atoms with E-state index in [4.69, 9.17) is 9.47 Å². The van der Waals surface area contributed by atoms with Gasteiger partial charge < -0.3 is 24.8 Å². The Morgan fingerprint density at radius 1 is 0.857 bits per heavy atom. The molecule has 1 rings (SSSR count). The third kappa shape index (κ3) is 10.4. The Morgan fingerprint density at radius 2 is 1.39 bits per heavy atom. The number of rotatable bonds is 14. The standard InChI is InChI=1S/C20H30N2O6/c1-3-4-7-12-21-18(23)14-27-16-9-5-6-10-17(16)28-15-19(24)22-13-8-11-20(25)26-2/h5-6,9-10H,3-4,7-8,11-15H2,1-2H3,(H,21,23)(H,22,24). The predicted octanol–water partition coefficient (Wildman–Crippen LogP) is 1.82. The fourth-order valence-corrected chi connectivity index (χ4v) is 2.24. The number of esters is 1. The van der Waals surface area contributed by atoms with Gasteiger partial charge in [-0.15, -0.1) is 0 Å². The molecular formula is C20H30N2O6. The zero-order valence-electron chi connectivity index (χ0n) is 16.6. The van der Waals surface area contributed by atoms with Crippen LogP contribution in [-0.4, -0.2) is 51.2 Å². The number of ether oxygens (including phenoxy) is 3. The first-order chi connectivity index (χ1) is 13.6. The average molecular weight is 394 g/mol. The number of para-hydroxylation sites is 2. The minimum Gasteiger partial charge on any atom is -0.480 e. The largest absolute Gasteiger partial charge is 0.480 e. The third-order valence-electron chi connectivity index (χ3n) is 3.78. The first-order valence-corrected chi connectivity index (χ1v) is 9.51. The molecule has 0 atom stereocenters. The summed E-state index contributed by atoms with van der Waals surface area (Å²) in [5, 5.41) is 5.46. The maximum atomic E-state index is 11.8. The van der Waals surface area contributed by atoms with E-state index in [1.54, 1.807) is 24.3 Å². The number of methoxy groups -OCH3 is 1. The lowest BCUT2D eigenvalue weighted by molar-refractivity contribution is -0.140. The number of hydrogen-bond acceptors (Lipinski definition) is 6. The SMILES string of the molecule is CCCCCNC(=O)COc1ccccc1OCC(=O)NCCCC(=O)OC. The summed E-state index contributed by atoms with van der Waals surface area (Å²) < 4.78 is 15.5. The molecular weight excluding hydrogens is 364 g/mol. The van der Waals surface area contributed by atoms with E-state index >= 15 is 0 Å². The van der Waals surface area contributed by atoms with Crippen molar-refractivity contribution in [3.63, 3.8) is 0 Å². The minimum atomic E-state index is -0.314. The quantitative estimate of drug-likeness (QED) is 0.369. The molecule has 0 radical (unpaired) electrons. The van der Waals surface area contributed by atoms with Gasteiger partial charge in [0.1, 0.15) is 0 Å². The van der Waals surface area contributed by atoms with Crippen molar-refractivity contribution in [3.05, 3.63) is 24.3 Å². The molecule has 0 aliphatic rings. The molecule has 8 heteroatoms. The van der Waals surface area contributed by atoms with Gasteiger partial charge in [0, 0.05) is 19.5 Å². The van der Waals surface area contributed by atoms with E-state index in [0.29, 0.717) is 31.0 Å². The number of carbonyl (C=O) groups is 3. The van der Waals surface area contributed by atoms with Gasteiger partial charge in [-0.3, -0.25) is 14.4 Å². The monoisotopic (exact) mass is 394 g/mol. The van der Waals surface area contributed by atoms with Crippen LogP contribution in [0.4, 0.5) is 0 Å². The highest BCUT2D eigenvalue weighted by Gasteiger charge is 2.10. The molecule has 28 heavy (non-hydrogen) atoms. The Balaban J connectivity index is 2.33. The Hall–Kier alpha value is -2.77. The maximum absolute atomic E-state index is 11.8. The lowest BCUT2D eigenvalue weighted by Gasteiger charge is -2.12. The number of amides is 2. The van der Waals surface area contributed by atoms with Crippen LogP contribution in [0.15, 0.2) is 24.3 Å². The highest BCUT2D eigenvalue weighted by atomic mass is 16.5. The molecule has 0 unspecified atom stereocenters. The van der Waals surface area contributed by atoms with E-state index in [1.807, 2.05) is 0 Å². The van der Waals surface area contributed by atoms with Crippen LogP contribution >= 0.6 is 0 Å². The van der Waals surface area contributed by atoms with Crippen LogP contribution in [0.3, 0.4) is 0 Å². The van der Waals surface area contributed by atoms with Gasteiger partial charge in [-0.05, 0) is 25.0 Å². The minimum absolute atomic E-state index is 0.119. The summed E-state index contributed by atoms with van der Waals surface area (Å²) in [7, 11) is 1.32. The lowest BCUT2D eigenvalue weighted by atomic mass is 10.2. The molecule has 156 valence electrons. The van der Waals surface area contributed by atoms with E-state index in [2.05, 4.69) is 22.3 Å². The molecule has 2 N–H and O–H groups in total. The summed E-state index contributed by atoms with van der Waals surface area (Å²) in [4.78, 5) is 34.6. The van der Waals surface area contributed by atoms with Gasteiger partial charge in [0.2, 0.25) is 0 Å². The van der Waals surface area contributed by atoms with Crippen molar-refractivity contribution in [3.8, 4) is 11.5 Å². The highest BCUT2D eigenvalue weighted by molar-refractivity contribution is 5.78. The summed E-state index contributed by atoms with van der Waals surface area (Å²) >= 11 is 0. The number of hydrogen-bond donors (Lipinski definition) is 2. The number of nitrogens with one attached hydrogen (secondary N) is 2. The molecule has 8 nitrogen and oxygen atoms in total. The van der Waals surface area contributed by atoms with Gasteiger partial charge in [0.25, 0.3) is 11.8 Å². The molecule has 0 aliphatic heterocycles. The molecule has 2 amide bonds. The van der Waals surface area contributed by atoms with Crippen LogP contribution in [0.2, 0.25) is 0 Å². The van der Waals surface area contributed by atoms with Gasteiger partial charge >= 0.3 is 5.97 Å². The molecule has 0 fully saturated rings. The van der Waals surface area contributed by atoms with Crippen molar-refractivity contribution in [2.45, 2.75) is 39.0 Å². The fourth-order valence-electron chi connectivity index (χ4n) is 2.24. The van der Waals surface area contributed by atoms with Gasteiger partial charge in [-0.2, -0.15) is 0 Å². The van der Waals surface area contributed by atoms with Gasteiger partial charge in [-0.1, -0.05) is 31.9 Å². The van der Waals surface area contributed by atoms with Crippen LogP contribution in [0, 0.1) is 0 Å². The molecule has 0 aromatic heterocycles. The number of unbranched alkanes of at least 4 members (excludes halogenated alkanes) is 2. The van der Waals surface area contributed by atoms with Crippen molar-refractivity contribution in [2.75, 3.05) is 33.4 Å². The highest BCUT2D eigenvalue weighted by Crippen LogP contribution is 2.26. The van der Waals surface area contributed by atoms with Crippen molar-refractivity contribution in [1.29, 1.82) is 0 Å². The molecule has 0 saturated heterocycles. The third-order valence-corrected chi connectivity index (χ3v) is 3.78. The maximum Gasteiger partial charge on any atom is 0.305 e. The van der Waals surface area contributed by atoms with E-state index < -0.39 is 0 Å². The van der Waals surface area contributed by atoms with Crippen molar-refractivity contribution in [1.82, 2.24) is 10.6 Å². The second-order valence-corrected chi connectivity index (χ2v) is 6.11. The normalized spacial score (nSPS) is 10.1. The Bertz CT molecular complexity index is 620. The molecule has 0 saturated carbocycles. The average Bonchev–Trinajstić information content (AvgIpc) is 2.71. The van der Waals surface area contributed by atoms with Crippen LogP contribution < -0.4 is 20.1 Å². The summed E-state index contributed by atoms with van der Waals surface area (Å²) in [6, 6.07) is 6.85. The molecule has 0 heterocycles. The Kier molecular flexibility index (Phi) is 11.9. The second kappa shape index (κ2) is 14.3. The van der Waals surface area contributed by atoms with Crippen molar-refractivity contribution >= 4 is 17.8 Å². The van der Waals surface area contributed by atoms with Crippen LogP contribution in [0.1, 0.15) is 39.0 Å². The van der Waals surface area contributed by atoms with Gasteiger partial charge in [0.05, 0.1) is 7.11 Å². The van der Waals surface area contributed by atoms with Crippen LogP contribution in [0.5, 0.6) is 11.5 Å². The van der Waals surface area contributed by atoms with Crippen LogP contribution in [-0.2, 0) is 19.1 Å². The van der Waals surface area contributed by atoms with E-state index in [1.165, 1.54) is 7.11 Å². The first kappa shape index (κ1) is 23.3. The van der Waals surface area contributed by atoms with Gasteiger partial charge in [-0.25, -0.2) is 0 Å². The first-order valence-electron chi connectivity index (χ1n) is 9.51. The molecule has 1 aromatic rings. The molecule has 1 aromatic carbocycles. The molecule has 0 spiro atoms. The topological polar surface area (TPSA) is 103 Å². The van der Waals surface area contributed by atoms with E-state index in [9.17, 15) is 14.4 Å². The van der Waals surface area contributed by atoms with Crippen molar-refractivity contribution in [2.24, 2.45) is 0 Å². The number of carbonyl (C=O) groups excluding carboxylic acids is 3. The Morgan fingerprint density at radius 3 is 1.89 bits per heavy atom. The summed E-state index contributed by atoms with van der Waals surface area (Å²) in [5.41, 5.74) is 0. The Labute approximate surface area is 165 Å². The zero-order valence-corrected chi connectivity index (χ0v) is 16.6. The summed E-state index contributed by atoms with van der Waals surface area (Å²) in [6.07, 6.45) is 3.84. The van der Waals surface area contributed by atoms with Gasteiger partial charge in [0.15, 0.2) is 24.7 Å². The second-order valence-electron chi connectivity index (χ2n) is 6.11. The lowest BCUT2D eigenvalue weighted by Crippen LogP contribution is -2.30. The van der Waals surface area contributed by atoms with Crippen LogP contribution in [0.25, 0.3) is 0 Å². The molecule has 0 bridgehead atoms. The predicted molar refractivity (Wildman–Crippen MR) is 104 cm³/mol. The summed E-state index contributed by atoms with van der Waals surface area (Å²) in [5.74, 6) is -0.0516. The van der Waals surface area contributed by atoms with E-state index in [-0.39, 0.29) is 37.4 Å². The van der Waals surface area contributed by atoms with Crippen molar-refractivity contribution < 1.29 is 28.6 Å². The smallest absolute Gasteiger partial charge is 0.305 e. The zero-order chi connectivity index (χ0) is 20.6. The number of benzene rings is 1. The van der Waals surface area contributed by atoms with E-state index in [0.717, 1.165) is 19.3 Å². The summed E-state index contributed by atoms with van der Waals surface area (Å²) in [6.45, 7) is 2.77.